The van der Waals surface area contributed by atoms with Crippen LogP contribution in [0, 0.1) is 0 Å². The van der Waals surface area contributed by atoms with Gasteiger partial charge in [0.05, 0.1) is 0 Å². The Morgan fingerprint density at radius 2 is 2.25 bits per heavy atom. The van der Waals surface area contributed by atoms with Crippen LogP contribution in [-0.4, -0.2) is 26.1 Å². The molecule has 0 radical (unpaired) electrons. The average Bonchev–Trinajstić information content (AvgIpc) is 2.30. The Morgan fingerprint density at radius 3 is 2.58 bits per heavy atom. The van der Waals surface area contributed by atoms with Crippen molar-refractivity contribution in [3.8, 4) is 0 Å². The predicted octanol–water partition coefficient (Wildman–Crippen LogP) is -0.0418. The van der Waals surface area contributed by atoms with Crippen molar-refractivity contribution in [1.82, 2.24) is 15.0 Å². The Morgan fingerprint density at radius 1 is 1.67 bits per heavy atom. The second kappa shape index (κ2) is 3.51. The number of hydrogen-bond acceptors (Lipinski definition) is 4. The number of aromatic nitrogens is 3. The van der Waals surface area contributed by atoms with Crippen molar-refractivity contribution < 1.29 is 5.11 Å². The topological polar surface area (TPSA) is 77.0 Å². The van der Waals surface area contributed by atoms with Crippen molar-refractivity contribution in [1.29, 1.82) is 0 Å². The summed E-state index contributed by atoms with van der Waals surface area (Å²) in [6.07, 6.45) is -0.737. The van der Waals surface area contributed by atoms with Crippen LogP contribution in [0.3, 0.4) is 0 Å². The van der Waals surface area contributed by atoms with E-state index in [0.717, 1.165) is 0 Å². The van der Waals surface area contributed by atoms with Crippen LogP contribution in [0.15, 0.2) is 4.60 Å². The number of aliphatic hydroxyl groups excluding tert-OH is 1. The van der Waals surface area contributed by atoms with Gasteiger partial charge >= 0.3 is 0 Å². The van der Waals surface area contributed by atoms with Crippen molar-refractivity contribution in [3.05, 3.63) is 10.3 Å². The molecule has 0 saturated carbocycles. The SMILES string of the molecule is CC(N)C(O)c1c(Br)nnn1C. The summed E-state index contributed by atoms with van der Waals surface area (Å²) in [5.74, 6) is 0. The highest BCUT2D eigenvalue weighted by atomic mass is 79.9. The summed E-state index contributed by atoms with van der Waals surface area (Å²) >= 11 is 3.18. The maximum absolute atomic E-state index is 9.59. The van der Waals surface area contributed by atoms with Crippen LogP contribution in [0.4, 0.5) is 0 Å². The summed E-state index contributed by atoms with van der Waals surface area (Å²) < 4.78 is 2.03. The molecule has 2 atom stereocenters. The summed E-state index contributed by atoms with van der Waals surface area (Å²) in [4.78, 5) is 0. The minimum Gasteiger partial charge on any atom is -0.385 e. The van der Waals surface area contributed by atoms with E-state index in [0.29, 0.717) is 10.3 Å². The van der Waals surface area contributed by atoms with Crippen LogP contribution >= 0.6 is 15.9 Å². The lowest BCUT2D eigenvalue weighted by molar-refractivity contribution is 0.143. The molecule has 0 aliphatic heterocycles. The van der Waals surface area contributed by atoms with Gasteiger partial charge in [0.25, 0.3) is 0 Å². The van der Waals surface area contributed by atoms with Gasteiger partial charge in [0.1, 0.15) is 11.8 Å². The minimum absolute atomic E-state index is 0.335. The molecule has 0 bridgehead atoms. The number of rotatable bonds is 2. The highest BCUT2D eigenvalue weighted by Gasteiger charge is 2.20. The third kappa shape index (κ3) is 1.65. The summed E-state index contributed by atoms with van der Waals surface area (Å²) in [5, 5.41) is 17.1. The molecular weight excluding hydrogens is 224 g/mol. The summed E-state index contributed by atoms with van der Waals surface area (Å²) in [7, 11) is 1.71. The molecule has 0 aliphatic carbocycles. The number of nitrogens with zero attached hydrogens (tertiary/aromatic N) is 3. The lowest BCUT2D eigenvalue weighted by Gasteiger charge is -2.13. The van der Waals surface area contributed by atoms with Gasteiger partial charge in [0.2, 0.25) is 0 Å². The first kappa shape index (κ1) is 9.63. The molecule has 0 spiro atoms. The molecule has 68 valence electrons. The normalized spacial score (nSPS) is 16.1. The quantitative estimate of drug-likeness (QED) is 0.753. The molecule has 1 aromatic heterocycles. The molecule has 1 aromatic rings. The van der Waals surface area contributed by atoms with Crippen molar-refractivity contribution >= 4 is 15.9 Å². The summed E-state index contributed by atoms with van der Waals surface area (Å²) in [6, 6.07) is -0.335. The predicted molar refractivity (Wildman–Crippen MR) is 47.3 cm³/mol. The summed E-state index contributed by atoms with van der Waals surface area (Å²) in [6.45, 7) is 1.73. The Labute approximate surface area is 78.7 Å². The van der Waals surface area contributed by atoms with Crippen LogP contribution in [0.25, 0.3) is 0 Å². The van der Waals surface area contributed by atoms with Crippen LogP contribution in [0.2, 0.25) is 0 Å². The lowest BCUT2D eigenvalue weighted by Crippen LogP contribution is -2.26. The van der Waals surface area contributed by atoms with E-state index in [1.807, 2.05) is 0 Å². The number of aliphatic hydroxyl groups is 1. The molecule has 2 unspecified atom stereocenters. The molecule has 6 heteroatoms. The second-order valence-electron chi connectivity index (χ2n) is 2.69. The van der Waals surface area contributed by atoms with Gasteiger partial charge in [-0.25, -0.2) is 4.68 Å². The van der Waals surface area contributed by atoms with Gasteiger partial charge in [-0.3, -0.25) is 0 Å². The van der Waals surface area contributed by atoms with E-state index in [-0.39, 0.29) is 6.04 Å². The monoisotopic (exact) mass is 234 g/mol. The zero-order valence-corrected chi connectivity index (χ0v) is 8.48. The average molecular weight is 235 g/mol. The van der Waals surface area contributed by atoms with Crippen LogP contribution < -0.4 is 5.73 Å². The van der Waals surface area contributed by atoms with Gasteiger partial charge in [-0.15, -0.1) is 5.10 Å². The molecule has 0 aromatic carbocycles. The van der Waals surface area contributed by atoms with Crippen LogP contribution in [-0.2, 0) is 7.05 Å². The molecule has 5 nitrogen and oxygen atoms in total. The van der Waals surface area contributed by atoms with E-state index >= 15 is 0 Å². The first-order valence-electron chi connectivity index (χ1n) is 3.52. The van der Waals surface area contributed by atoms with Gasteiger partial charge < -0.3 is 10.8 Å². The zero-order chi connectivity index (χ0) is 9.30. The first-order chi connectivity index (χ1) is 5.54. The molecule has 0 aliphatic rings. The van der Waals surface area contributed by atoms with E-state index in [1.165, 1.54) is 4.68 Å². The third-order valence-corrected chi connectivity index (χ3v) is 2.17. The Bertz CT molecular complexity index is 253. The Kier molecular flexibility index (Phi) is 2.81. The zero-order valence-electron chi connectivity index (χ0n) is 6.90. The van der Waals surface area contributed by atoms with Crippen LogP contribution in [0.1, 0.15) is 18.7 Å². The van der Waals surface area contributed by atoms with E-state index in [1.54, 1.807) is 14.0 Å². The molecule has 3 N–H and O–H groups in total. The number of halogens is 1. The second-order valence-corrected chi connectivity index (χ2v) is 3.44. The van der Waals surface area contributed by atoms with Crippen molar-refractivity contribution in [2.45, 2.75) is 19.1 Å². The minimum atomic E-state index is -0.737. The molecule has 0 fully saturated rings. The number of aryl methyl sites for hydroxylation is 1. The molecular formula is C6H11BrN4O. The number of nitrogens with two attached hydrogens (primary N) is 1. The maximum atomic E-state index is 9.59. The molecule has 0 amide bonds. The molecule has 1 rings (SSSR count). The van der Waals surface area contributed by atoms with Gasteiger partial charge in [-0.05, 0) is 22.9 Å². The fourth-order valence-electron chi connectivity index (χ4n) is 0.902. The lowest BCUT2D eigenvalue weighted by atomic mass is 10.1. The van der Waals surface area contributed by atoms with Crippen molar-refractivity contribution in [3.63, 3.8) is 0 Å². The Balaban J connectivity index is 3.00. The van der Waals surface area contributed by atoms with Gasteiger partial charge in [0, 0.05) is 13.1 Å². The van der Waals surface area contributed by atoms with E-state index in [2.05, 4.69) is 26.2 Å². The standard InChI is InChI=1S/C6H11BrN4O/c1-3(8)5(12)4-6(7)9-10-11(4)2/h3,5,12H,8H2,1-2H3. The fraction of sp³-hybridized carbons (Fsp3) is 0.667. The fourth-order valence-corrected chi connectivity index (χ4v) is 1.46. The highest BCUT2D eigenvalue weighted by Crippen LogP contribution is 2.21. The Hall–Kier alpha value is -0.460. The number of hydrogen-bond donors (Lipinski definition) is 2. The van der Waals surface area contributed by atoms with Crippen molar-refractivity contribution in [2.75, 3.05) is 0 Å². The van der Waals surface area contributed by atoms with E-state index in [9.17, 15) is 5.11 Å². The van der Waals surface area contributed by atoms with Gasteiger partial charge in [0.15, 0.2) is 4.60 Å². The first-order valence-corrected chi connectivity index (χ1v) is 4.32. The van der Waals surface area contributed by atoms with Crippen LogP contribution in [0.5, 0.6) is 0 Å². The summed E-state index contributed by atoms with van der Waals surface area (Å²) in [5.41, 5.74) is 6.13. The molecule has 12 heavy (non-hydrogen) atoms. The highest BCUT2D eigenvalue weighted by molar-refractivity contribution is 9.10. The van der Waals surface area contributed by atoms with Gasteiger partial charge in [-0.1, -0.05) is 5.21 Å². The third-order valence-electron chi connectivity index (χ3n) is 1.60. The molecule has 1 heterocycles. The van der Waals surface area contributed by atoms with Crippen molar-refractivity contribution in [2.24, 2.45) is 12.8 Å². The van der Waals surface area contributed by atoms with E-state index in [4.69, 9.17) is 5.73 Å². The van der Waals surface area contributed by atoms with E-state index < -0.39 is 6.10 Å². The molecule has 0 saturated heterocycles. The largest absolute Gasteiger partial charge is 0.385 e. The maximum Gasteiger partial charge on any atom is 0.154 e. The van der Waals surface area contributed by atoms with Gasteiger partial charge in [-0.2, -0.15) is 0 Å². The smallest absolute Gasteiger partial charge is 0.154 e.